The summed E-state index contributed by atoms with van der Waals surface area (Å²) in [7, 11) is 3.33. The second-order valence-electron chi connectivity index (χ2n) is 6.14. The molecule has 3 aromatic rings. The average molecular weight is 399 g/mol. The van der Waals surface area contributed by atoms with E-state index in [1.165, 1.54) is 11.0 Å². The molecule has 0 aliphatic carbocycles. The van der Waals surface area contributed by atoms with E-state index in [9.17, 15) is 9.59 Å². The molecule has 0 radical (unpaired) electrons. The number of hydrogen-bond acceptors (Lipinski definition) is 4. The van der Waals surface area contributed by atoms with Gasteiger partial charge in [-0.15, -0.1) is 0 Å². The van der Waals surface area contributed by atoms with E-state index in [0.717, 1.165) is 0 Å². The summed E-state index contributed by atoms with van der Waals surface area (Å²) in [5.41, 5.74) is 1.93. The van der Waals surface area contributed by atoms with Crippen LogP contribution < -0.4 is 10.1 Å². The number of benzene rings is 1. The minimum Gasteiger partial charge on any atom is -0.484 e. The number of carbonyl (C=O) groups is 2. The number of likely N-dealkylation sites (N-methyl/N-ethyl adjacent to an activating group) is 1. The van der Waals surface area contributed by atoms with Gasteiger partial charge >= 0.3 is 0 Å². The first-order valence-electron chi connectivity index (χ1n) is 8.48. The van der Waals surface area contributed by atoms with Gasteiger partial charge in [0.05, 0.1) is 5.69 Å². The average Bonchev–Trinajstić information content (AvgIpc) is 3.00. The highest BCUT2D eigenvalue weighted by Gasteiger charge is 2.08. The number of aromatic nitrogens is 2. The van der Waals surface area contributed by atoms with Crippen LogP contribution in [0.3, 0.4) is 0 Å². The van der Waals surface area contributed by atoms with E-state index in [-0.39, 0.29) is 18.4 Å². The summed E-state index contributed by atoms with van der Waals surface area (Å²) >= 11 is 6.14. The molecule has 8 heteroatoms. The molecule has 0 aliphatic rings. The molecular weight excluding hydrogens is 380 g/mol. The Morgan fingerprint density at radius 2 is 1.96 bits per heavy atom. The summed E-state index contributed by atoms with van der Waals surface area (Å²) in [6.07, 6.45) is 4.83. The molecular formula is C20H19ClN4O3. The Kier molecular flexibility index (Phi) is 5.96. The van der Waals surface area contributed by atoms with E-state index in [1.807, 2.05) is 24.4 Å². The first-order valence-corrected chi connectivity index (χ1v) is 8.86. The van der Waals surface area contributed by atoms with Crippen LogP contribution in [0.25, 0.3) is 11.7 Å². The minimum absolute atomic E-state index is 0.0402. The van der Waals surface area contributed by atoms with Crippen molar-refractivity contribution >= 4 is 40.8 Å². The number of ether oxygens (including phenoxy) is 1. The largest absolute Gasteiger partial charge is 0.484 e. The van der Waals surface area contributed by atoms with Gasteiger partial charge in [-0.1, -0.05) is 17.7 Å². The number of fused-ring (bicyclic) bond motifs is 1. The van der Waals surface area contributed by atoms with Gasteiger partial charge in [-0.2, -0.15) is 0 Å². The minimum atomic E-state index is -0.307. The number of hydrogen-bond donors (Lipinski definition) is 1. The maximum absolute atomic E-state index is 12.2. The Labute approximate surface area is 167 Å². The van der Waals surface area contributed by atoms with Gasteiger partial charge in [0.15, 0.2) is 11.8 Å². The molecule has 0 unspecified atom stereocenters. The molecule has 2 amide bonds. The highest BCUT2D eigenvalue weighted by molar-refractivity contribution is 6.31. The number of halogens is 1. The smallest absolute Gasteiger partial charge is 0.259 e. The lowest BCUT2D eigenvalue weighted by Gasteiger charge is -2.11. The summed E-state index contributed by atoms with van der Waals surface area (Å²) in [5.74, 6) is 0.105. The van der Waals surface area contributed by atoms with E-state index in [1.54, 1.807) is 48.8 Å². The number of amides is 2. The third-order valence-electron chi connectivity index (χ3n) is 3.90. The molecule has 1 N–H and O–H groups in total. The van der Waals surface area contributed by atoms with Crippen LogP contribution in [-0.2, 0) is 9.59 Å². The van der Waals surface area contributed by atoms with E-state index < -0.39 is 0 Å². The summed E-state index contributed by atoms with van der Waals surface area (Å²) < 4.78 is 7.20. The molecule has 144 valence electrons. The van der Waals surface area contributed by atoms with Crippen molar-refractivity contribution in [2.24, 2.45) is 0 Å². The Morgan fingerprint density at radius 3 is 2.68 bits per heavy atom. The van der Waals surface area contributed by atoms with E-state index in [4.69, 9.17) is 16.3 Å². The fourth-order valence-electron chi connectivity index (χ4n) is 2.38. The Hall–Kier alpha value is -3.32. The Morgan fingerprint density at radius 1 is 1.21 bits per heavy atom. The number of rotatable bonds is 6. The van der Waals surface area contributed by atoms with Crippen LogP contribution >= 0.6 is 11.6 Å². The lowest BCUT2D eigenvalue weighted by molar-refractivity contribution is -0.130. The van der Waals surface area contributed by atoms with E-state index in [0.29, 0.717) is 27.9 Å². The van der Waals surface area contributed by atoms with Gasteiger partial charge in [0.2, 0.25) is 5.91 Å². The van der Waals surface area contributed by atoms with Crippen LogP contribution in [0.15, 0.2) is 54.7 Å². The van der Waals surface area contributed by atoms with Gasteiger partial charge in [-0.25, -0.2) is 4.98 Å². The SMILES string of the molecule is CN(C)C(=O)COc1ccc(NC(=O)/C=C/c2c(Cl)nc3ccccn23)cc1. The molecule has 0 saturated heterocycles. The predicted octanol–water partition coefficient (Wildman–Crippen LogP) is 3.11. The van der Waals surface area contributed by atoms with Crippen LogP contribution in [-0.4, -0.2) is 46.8 Å². The van der Waals surface area contributed by atoms with Crippen LogP contribution in [0.2, 0.25) is 5.15 Å². The normalized spacial score (nSPS) is 11.0. The molecule has 1 aromatic carbocycles. The number of carbonyl (C=O) groups excluding carboxylic acids is 2. The van der Waals surface area contributed by atoms with Crippen LogP contribution in [0.1, 0.15) is 5.69 Å². The van der Waals surface area contributed by atoms with Gasteiger partial charge in [-0.05, 0) is 42.5 Å². The number of anilines is 1. The third kappa shape index (κ3) is 4.69. The molecule has 0 fully saturated rings. The zero-order chi connectivity index (χ0) is 20.1. The summed E-state index contributed by atoms with van der Waals surface area (Å²) in [5, 5.41) is 3.08. The number of nitrogens with one attached hydrogen (secondary N) is 1. The van der Waals surface area contributed by atoms with Gasteiger partial charge in [0, 0.05) is 32.1 Å². The van der Waals surface area contributed by atoms with Gasteiger partial charge in [0.25, 0.3) is 5.91 Å². The molecule has 0 spiro atoms. The first-order chi connectivity index (χ1) is 13.4. The number of nitrogens with zero attached hydrogens (tertiary/aromatic N) is 3. The van der Waals surface area contributed by atoms with Crippen molar-refractivity contribution in [1.82, 2.24) is 14.3 Å². The molecule has 28 heavy (non-hydrogen) atoms. The number of imidazole rings is 1. The predicted molar refractivity (Wildman–Crippen MR) is 108 cm³/mol. The zero-order valence-corrected chi connectivity index (χ0v) is 16.2. The Balaban J connectivity index is 1.61. The zero-order valence-electron chi connectivity index (χ0n) is 15.4. The van der Waals surface area contributed by atoms with Crippen LogP contribution in [0, 0.1) is 0 Å². The maximum atomic E-state index is 12.2. The fraction of sp³-hybridized carbons (Fsp3) is 0.150. The summed E-state index contributed by atoms with van der Waals surface area (Å²) in [4.78, 5) is 29.4. The second-order valence-corrected chi connectivity index (χ2v) is 6.50. The molecule has 0 aliphatic heterocycles. The number of pyridine rings is 1. The highest BCUT2D eigenvalue weighted by Crippen LogP contribution is 2.19. The van der Waals surface area contributed by atoms with Crippen molar-refractivity contribution in [3.05, 3.63) is 65.6 Å². The first kappa shape index (κ1) is 19.4. The summed E-state index contributed by atoms with van der Waals surface area (Å²) in [6, 6.07) is 12.3. The van der Waals surface area contributed by atoms with E-state index >= 15 is 0 Å². The van der Waals surface area contributed by atoms with Gasteiger partial charge < -0.3 is 15.0 Å². The lowest BCUT2D eigenvalue weighted by Crippen LogP contribution is -2.27. The van der Waals surface area contributed by atoms with Gasteiger partial charge in [-0.3, -0.25) is 14.0 Å². The molecule has 2 aromatic heterocycles. The Bertz CT molecular complexity index is 1030. The lowest BCUT2D eigenvalue weighted by atomic mass is 10.3. The van der Waals surface area contributed by atoms with Crippen molar-refractivity contribution in [1.29, 1.82) is 0 Å². The van der Waals surface area contributed by atoms with Gasteiger partial charge in [0.1, 0.15) is 11.4 Å². The molecule has 7 nitrogen and oxygen atoms in total. The van der Waals surface area contributed by atoms with Crippen LogP contribution in [0.4, 0.5) is 5.69 Å². The third-order valence-corrected chi connectivity index (χ3v) is 4.18. The molecule has 3 rings (SSSR count). The van der Waals surface area contributed by atoms with Crippen LogP contribution in [0.5, 0.6) is 5.75 Å². The molecule has 0 bridgehead atoms. The molecule has 2 heterocycles. The fourth-order valence-corrected chi connectivity index (χ4v) is 2.62. The topological polar surface area (TPSA) is 75.9 Å². The van der Waals surface area contributed by atoms with Crippen molar-refractivity contribution in [2.45, 2.75) is 0 Å². The highest BCUT2D eigenvalue weighted by atomic mass is 35.5. The van der Waals surface area contributed by atoms with Crippen molar-refractivity contribution in [2.75, 3.05) is 26.0 Å². The second kappa shape index (κ2) is 8.58. The van der Waals surface area contributed by atoms with Crippen molar-refractivity contribution in [3.63, 3.8) is 0 Å². The van der Waals surface area contributed by atoms with Crippen molar-refractivity contribution in [3.8, 4) is 5.75 Å². The standard InChI is InChI=1S/C20H19ClN4O3/c1-24(2)19(27)13-28-15-8-6-14(7-9-15)22-18(26)11-10-16-20(21)23-17-5-3-4-12-25(16)17/h3-12H,13H2,1-2H3,(H,22,26)/b11-10+. The quantitative estimate of drug-likeness (QED) is 0.647. The molecule has 0 saturated carbocycles. The maximum Gasteiger partial charge on any atom is 0.259 e. The van der Waals surface area contributed by atoms with E-state index in [2.05, 4.69) is 10.3 Å². The summed E-state index contributed by atoms with van der Waals surface area (Å²) in [6.45, 7) is -0.0402. The monoisotopic (exact) mass is 398 g/mol. The van der Waals surface area contributed by atoms with Crippen molar-refractivity contribution < 1.29 is 14.3 Å². The molecule has 0 atom stereocenters.